The monoisotopic (exact) mass is 401 g/mol. The number of hydrogen-bond acceptors (Lipinski definition) is 4. The van der Waals surface area contributed by atoms with Gasteiger partial charge in [0.05, 0.1) is 7.11 Å². The summed E-state index contributed by atoms with van der Waals surface area (Å²) in [4.78, 5) is 17.3. The van der Waals surface area contributed by atoms with Crippen molar-refractivity contribution in [3.8, 4) is 5.75 Å². The molecule has 1 aromatic carbocycles. The Kier molecular flexibility index (Phi) is 7.05. The van der Waals surface area contributed by atoms with E-state index in [0.29, 0.717) is 17.2 Å². The van der Waals surface area contributed by atoms with Crippen LogP contribution in [0, 0.1) is 11.3 Å². The summed E-state index contributed by atoms with van der Waals surface area (Å²) in [6.45, 7) is 5.63. The number of nitrogens with zero attached hydrogens (tertiary/aromatic N) is 2. The van der Waals surface area contributed by atoms with E-state index < -0.39 is 0 Å². The second kappa shape index (κ2) is 8.68. The SMILES string of the molecule is COc1cccc(N2CCN(C(=O)C3CC34CCNCC4)CC2)c1.Cl.Cl. The molecule has 1 aliphatic carbocycles. The quantitative estimate of drug-likeness (QED) is 0.844. The number of anilines is 1. The lowest BCUT2D eigenvalue weighted by atomic mass is 9.91. The number of piperazine rings is 1. The average molecular weight is 402 g/mol. The Bertz CT molecular complexity index is 615. The molecule has 1 atom stereocenters. The molecular weight excluding hydrogens is 373 g/mol. The number of ether oxygens (including phenoxy) is 1. The Morgan fingerprint density at radius 1 is 1.15 bits per heavy atom. The van der Waals surface area contributed by atoms with Crippen molar-refractivity contribution in [3.05, 3.63) is 24.3 Å². The van der Waals surface area contributed by atoms with Crippen LogP contribution in [0.1, 0.15) is 19.3 Å². The fraction of sp³-hybridized carbons (Fsp3) is 0.632. The summed E-state index contributed by atoms with van der Waals surface area (Å²) in [6, 6.07) is 8.18. The smallest absolute Gasteiger partial charge is 0.226 e. The molecule has 1 saturated carbocycles. The van der Waals surface area contributed by atoms with Gasteiger partial charge in [0.15, 0.2) is 0 Å². The number of halogens is 2. The third-order valence-electron chi connectivity index (χ3n) is 6.10. The third kappa shape index (κ3) is 4.05. The van der Waals surface area contributed by atoms with Gasteiger partial charge >= 0.3 is 0 Å². The number of methoxy groups -OCH3 is 1. The predicted octanol–water partition coefficient (Wildman–Crippen LogP) is 2.58. The van der Waals surface area contributed by atoms with E-state index in [4.69, 9.17) is 4.74 Å². The molecule has 1 aromatic rings. The van der Waals surface area contributed by atoms with Gasteiger partial charge in [-0.1, -0.05) is 6.07 Å². The largest absolute Gasteiger partial charge is 0.497 e. The predicted molar refractivity (Wildman–Crippen MR) is 109 cm³/mol. The van der Waals surface area contributed by atoms with E-state index in [-0.39, 0.29) is 24.8 Å². The van der Waals surface area contributed by atoms with E-state index in [9.17, 15) is 4.79 Å². The van der Waals surface area contributed by atoms with E-state index in [1.165, 1.54) is 18.5 Å². The van der Waals surface area contributed by atoms with Crippen LogP contribution in [0.3, 0.4) is 0 Å². The Morgan fingerprint density at radius 3 is 2.50 bits per heavy atom. The molecular formula is C19H29Cl2N3O2. The number of hydrogen-bond donors (Lipinski definition) is 1. The van der Waals surface area contributed by atoms with Crippen molar-refractivity contribution in [1.29, 1.82) is 0 Å². The zero-order valence-electron chi connectivity index (χ0n) is 15.3. The summed E-state index contributed by atoms with van der Waals surface area (Å²) < 4.78 is 5.31. The van der Waals surface area contributed by atoms with Crippen LogP contribution in [0.2, 0.25) is 0 Å². The fourth-order valence-corrected chi connectivity index (χ4v) is 4.39. The lowest BCUT2D eigenvalue weighted by Crippen LogP contribution is -2.49. The van der Waals surface area contributed by atoms with Crippen molar-refractivity contribution in [2.75, 3.05) is 51.3 Å². The molecule has 1 spiro atoms. The number of rotatable bonds is 3. The minimum atomic E-state index is 0. The molecule has 1 unspecified atom stereocenters. The highest BCUT2D eigenvalue weighted by Gasteiger charge is 2.58. The van der Waals surface area contributed by atoms with Crippen molar-refractivity contribution in [3.63, 3.8) is 0 Å². The van der Waals surface area contributed by atoms with Crippen molar-refractivity contribution >= 4 is 36.4 Å². The minimum absolute atomic E-state index is 0. The maximum atomic E-state index is 12.8. The van der Waals surface area contributed by atoms with E-state index in [1.807, 2.05) is 12.1 Å². The number of benzene rings is 1. The maximum Gasteiger partial charge on any atom is 0.226 e. The standard InChI is InChI=1S/C19H27N3O2.2ClH/c1-24-16-4-2-3-15(13-16)21-9-11-22(12-10-21)18(23)17-14-19(17)5-7-20-8-6-19;;/h2-4,13,17,20H,5-12,14H2,1H3;2*1H. The van der Waals surface area contributed by atoms with Gasteiger partial charge in [0.2, 0.25) is 5.91 Å². The van der Waals surface area contributed by atoms with Crippen LogP contribution in [-0.4, -0.2) is 57.2 Å². The van der Waals surface area contributed by atoms with Crippen molar-refractivity contribution in [1.82, 2.24) is 10.2 Å². The summed E-state index contributed by atoms with van der Waals surface area (Å²) in [5.74, 6) is 1.59. The van der Waals surface area contributed by atoms with Crippen molar-refractivity contribution in [2.24, 2.45) is 11.3 Å². The molecule has 1 N–H and O–H groups in total. The molecule has 0 aromatic heterocycles. The van der Waals surface area contributed by atoms with E-state index in [0.717, 1.165) is 51.4 Å². The highest BCUT2D eigenvalue weighted by atomic mass is 35.5. The van der Waals surface area contributed by atoms with E-state index in [1.54, 1.807) is 7.11 Å². The molecule has 2 aliphatic heterocycles. The topological polar surface area (TPSA) is 44.8 Å². The Hall–Kier alpha value is -1.17. The number of carbonyl (C=O) groups is 1. The molecule has 1 amide bonds. The Labute approximate surface area is 168 Å². The van der Waals surface area contributed by atoms with Gasteiger partial charge in [-0.2, -0.15) is 0 Å². The first kappa shape index (κ1) is 21.1. The van der Waals surface area contributed by atoms with E-state index in [2.05, 4.69) is 27.2 Å². The molecule has 146 valence electrons. The highest BCUT2D eigenvalue weighted by molar-refractivity contribution is 5.85. The molecule has 3 fully saturated rings. The summed E-state index contributed by atoms with van der Waals surface area (Å²) in [5.41, 5.74) is 1.52. The number of carbonyl (C=O) groups excluding carboxylic acids is 1. The summed E-state index contributed by atoms with van der Waals surface area (Å²) in [7, 11) is 1.70. The number of piperidine rings is 1. The fourth-order valence-electron chi connectivity index (χ4n) is 4.39. The van der Waals surface area contributed by atoms with Crippen LogP contribution < -0.4 is 15.0 Å². The molecule has 0 bridgehead atoms. The van der Waals surface area contributed by atoms with Gasteiger partial charge in [0, 0.05) is 43.9 Å². The second-order valence-electron chi connectivity index (χ2n) is 7.38. The van der Waals surface area contributed by atoms with Crippen molar-refractivity contribution < 1.29 is 9.53 Å². The average Bonchev–Trinajstić information content (AvgIpc) is 3.34. The molecule has 3 aliphatic rings. The van der Waals surface area contributed by atoms with Crippen LogP contribution in [0.5, 0.6) is 5.75 Å². The first-order chi connectivity index (χ1) is 11.7. The normalized spacial score (nSPS) is 23.7. The Morgan fingerprint density at radius 2 is 1.85 bits per heavy atom. The summed E-state index contributed by atoms with van der Waals surface area (Å²) >= 11 is 0. The summed E-state index contributed by atoms with van der Waals surface area (Å²) in [6.07, 6.45) is 3.46. The van der Waals surface area contributed by atoms with Crippen molar-refractivity contribution in [2.45, 2.75) is 19.3 Å². The molecule has 0 radical (unpaired) electrons. The molecule has 2 saturated heterocycles. The number of amides is 1. The third-order valence-corrected chi connectivity index (χ3v) is 6.10. The summed E-state index contributed by atoms with van der Waals surface area (Å²) in [5, 5.41) is 3.41. The van der Waals surface area contributed by atoms with Crippen LogP contribution >= 0.6 is 24.8 Å². The van der Waals surface area contributed by atoms with Gasteiger partial charge in [-0.15, -0.1) is 24.8 Å². The zero-order valence-corrected chi connectivity index (χ0v) is 16.9. The Balaban J connectivity index is 0.00000121. The lowest BCUT2D eigenvalue weighted by Gasteiger charge is -2.37. The van der Waals surface area contributed by atoms with E-state index >= 15 is 0 Å². The molecule has 26 heavy (non-hydrogen) atoms. The first-order valence-electron chi connectivity index (χ1n) is 9.10. The van der Waals surface area contributed by atoms with Gasteiger partial charge in [-0.3, -0.25) is 4.79 Å². The number of nitrogens with one attached hydrogen (secondary N) is 1. The van der Waals surface area contributed by atoms with Gasteiger partial charge in [-0.25, -0.2) is 0 Å². The van der Waals surface area contributed by atoms with Crippen LogP contribution in [-0.2, 0) is 4.79 Å². The molecule has 4 rings (SSSR count). The highest BCUT2D eigenvalue weighted by Crippen LogP contribution is 2.59. The first-order valence-corrected chi connectivity index (χ1v) is 9.10. The molecule has 5 nitrogen and oxygen atoms in total. The molecule has 2 heterocycles. The van der Waals surface area contributed by atoms with Crippen LogP contribution in [0.25, 0.3) is 0 Å². The second-order valence-corrected chi connectivity index (χ2v) is 7.38. The van der Waals surface area contributed by atoms with Gasteiger partial charge < -0.3 is 19.9 Å². The van der Waals surface area contributed by atoms with Gasteiger partial charge in [0.25, 0.3) is 0 Å². The lowest BCUT2D eigenvalue weighted by molar-refractivity contribution is -0.133. The molecule has 7 heteroatoms. The van der Waals surface area contributed by atoms with Crippen LogP contribution in [0.15, 0.2) is 24.3 Å². The maximum absolute atomic E-state index is 12.8. The van der Waals surface area contributed by atoms with Gasteiger partial charge in [-0.05, 0) is 49.9 Å². The zero-order chi connectivity index (χ0) is 16.6. The minimum Gasteiger partial charge on any atom is -0.497 e. The van der Waals surface area contributed by atoms with Crippen LogP contribution in [0.4, 0.5) is 5.69 Å². The van der Waals surface area contributed by atoms with Gasteiger partial charge in [0.1, 0.15) is 5.75 Å².